The minimum absolute atomic E-state index is 0.0695. The van der Waals surface area contributed by atoms with Crippen LogP contribution in [0.1, 0.15) is 41.5 Å². The van der Waals surface area contributed by atoms with E-state index < -0.39 is 11.7 Å². The Kier molecular flexibility index (Phi) is 11.7. The van der Waals surface area contributed by atoms with Gasteiger partial charge in [0.05, 0.1) is 15.6 Å². The van der Waals surface area contributed by atoms with Crippen molar-refractivity contribution in [1.29, 1.82) is 0 Å². The lowest BCUT2D eigenvalue weighted by Crippen LogP contribution is -1.96. The quantitative estimate of drug-likeness (QED) is 0.330. The fraction of sp³-hybridized carbons (Fsp3) is 0.158. The van der Waals surface area contributed by atoms with Crippen molar-refractivity contribution in [3.05, 3.63) is 67.1 Å². The minimum Gasteiger partial charge on any atom is -0.506 e. The van der Waals surface area contributed by atoms with Gasteiger partial charge in [-0.3, -0.25) is 4.79 Å². The van der Waals surface area contributed by atoms with Crippen LogP contribution < -0.4 is 0 Å². The number of hydrogen-bond acceptors (Lipinski definition) is 4. The van der Waals surface area contributed by atoms with Gasteiger partial charge in [0, 0.05) is 10.0 Å². The van der Waals surface area contributed by atoms with Crippen LogP contribution in [0.2, 0.25) is 20.1 Å². The molecule has 5 nitrogen and oxygen atoms in total. The summed E-state index contributed by atoms with van der Waals surface area (Å²) in [5, 5.41) is 27.3. The summed E-state index contributed by atoms with van der Waals surface area (Å²) >= 11 is 22.0. The molecule has 0 aliphatic heterocycles. The summed E-state index contributed by atoms with van der Waals surface area (Å²) in [5.41, 5.74) is 1.18. The number of aromatic hydroxyl groups is 2. The van der Waals surface area contributed by atoms with Gasteiger partial charge in [0.15, 0.2) is 6.29 Å². The zero-order valence-corrected chi connectivity index (χ0v) is 18.2. The molecule has 0 aromatic heterocycles. The monoisotopic (exact) mass is 466 g/mol. The van der Waals surface area contributed by atoms with Gasteiger partial charge < -0.3 is 15.3 Å². The topological polar surface area (TPSA) is 94.8 Å². The van der Waals surface area contributed by atoms with Gasteiger partial charge in [0.25, 0.3) is 0 Å². The highest BCUT2D eigenvalue weighted by molar-refractivity contribution is 6.36. The molecule has 0 fully saturated rings. The molecular formula is C19H18Cl4O5. The molecule has 2 rings (SSSR count). The van der Waals surface area contributed by atoms with E-state index >= 15 is 0 Å². The average Bonchev–Trinajstić information content (AvgIpc) is 2.61. The van der Waals surface area contributed by atoms with Gasteiger partial charge in [-0.2, -0.15) is 0 Å². The molecule has 0 amide bonds. The van der Waals surface area contributed by atoms with E-state index in [0.29, 0.717) is 11.3 Å². The van der Waals surface area contributed by atoms with Crippen molar-refractivity contribution in [3.63, 3.8) is 0 Å². The highest BCUT2D eigenvalue weighted by Crippen LogP contribution is 2.31. The Bertz CT molecular complexity index is 875. The minimum atomic E-state index is -1.27. The Hall–Kier alpha value is -1.92. The lowest BCUT2D eigenvalue weighted by atomic mass is 10.2. The second kappa shape index (κ2) is 12.5. The third kappa shape index (κ3) is 8.85. The lowest BCUT2D eigenvalue weighted by molar-refractivity contribution is 0.0693. The van der Waals surface area contributed by atoms with Crippen LogP contribution in [0.5, 0.6) is 11.5 Å². The molecule has 28 heavy (non-hydrogen) atoms. The van der Waals surface area contributed by atoms with Crippen LogP contribution in [0.3, 0.4) is 0 Å². The average molecular weight is 468 g/mol. The van der Waals surface area contributed by atoms with Crippen molar-refractivity contribution in [2.45, 2.75) is 20.8 Å². The summed E-state index contributed by atoms with van der Waals surface area (Å²) in [6, 6.07) is 5.11. The molecule has 0 unspecified atom stereocenters. The fourth-order valence-corrected chi connectivity index (χ4v) is 2.41. The molecule has 9 heteroatoms. The molecule has 3 N–H and O–H groups in total. The van der Waals surface area contributed by atoms with Gasteiger partial charge in [-0.1, -0.05) is 58.1 Å². The zero-order valence-electron chi connectivity index (χ0n) is 15.1. The van der Waals surface area contributed by atoms with E-state index in [1.54, 1.807) is 0 Å². The molecule has 152 valence electrons. The van der Waals surface area contributed by atoms with Crippen LogP contribution >= 0.6 is 46.4 Å². The van der Waals surface area contributed by atoms with Gasteiger partial charge in [-0.25, -0.2) is 4.79 Å². The van der Waals surface area contributed by atoms with E-state index in [0.717, 1.165) is 6.07 Å². The smallest absolute Gasteiger partial charge is 0.339 e. The Morgan fingerprint density at radius 1 is 0.893 bits per heavy atom. The fourth-order valence-electron chi connectivity index (χ4n) is 1.40. The Morgan fingerprint density at radius 2 is 1.32 bits per heavy atom. The van der Waals surface area contributed by atoms with E-state index in [9.17, 15) is 9.59 Å². The predicted octanol–water partition coefficient (Wildman–Crippen LogP) is 6.88. The molecule has 0 spiro atoms. The predicted molar refractivity (Wildman–Crippen MR) is 114 cm³/mol. The number of phenolic OH excluding ortho intramolecular Hbond substituents is 1. The number of phenols is 2. The number of halogens is 4. The maximum absolute atomic E-state index is 10.4. The molecule has 2 aromatic rings. The first kappa shape index (κ1) is 26.1. The zero-order chi connectivity index (χ0) is 22.0. The molecule has 0 saturated carbocycles. The van der Waals surface area contributed by atoms with Crippen molar-refractivity contribution in [2.24, 2.45) is 0 Å². The molecule has 2 aromatic carbocycles. The summed E-state index contributed by atoms with van der Waals surface area (Å²) in [6.07, 6.45) is 2.58. The van der Waals surface area contributed by atoms with Crippen molar-refractivity contribution < 1.29 is 24.9 Å². The molecule has 0 atom stereocenters. The maximum atomic E-state index is 10.4. The van der Waals surface area contributed by atoms with E-state index in [1.165, 1.54) is 23.8 Å². The number of benzene rings is 2. The van der Waals surface area contributed by atoms with Crippen LogP contribution in [0.4, 0.5) is 0 Å². The number of hydrogen-bond donors (Lipinski definition) is 3. The van der Waals surface area contributed by atoms with Crippen LogP contribution in [-0.4, -0.2) is 27.6 Å². The van der Waals surface area contributed by atoms with Gasteiger partial charge in [-0.05, 0) is 45.0 Å². The van der Waals surface area contributed by atoms with E-state index in [4.69, 9.17) is 61.7 Å². The highest BCUT2D eigenvalue weighted by Gasteiger charge is 2.13. The first-order valence-electron chi connectivity index (χ1n) is 7.58. The number of carbonyl (C=O) groups excluding carboxylic acids is 1. The first-order valence-corrected chi connectivity index (χ1v) is 9.09. The van der Waals surface area contributed by atoms with Crippen molar-refractivity contribution in [3.8, 4) is 11.5 Å². The summed E-state index contributed by atoms with van der Waals surface area (Å²) in [6.45, 7) is 6.20. The molecule has 0 aliphatic carbocycles. The molecule has 0 radical (unpaired) electrons. The summed E-state index contributed by atoms with van der Waals surface area (Å²) in [7, 11) is 0. The number of carbonyl (C=O) groups is 2. The number of allylic oxidation sites excluding steroid dienone is 2. The molecule has 0 aliphatic rings. The van der Waals surface area contributed by atoms with Crippen molar-refractivity contribution in [2.75, 3.05) is 0 Å². The van der Waals surface area contributed by atoms with Crippen LogP contribution in [-0.2, 0) is 0 Å². The van der Waals surface area contributed by atoms with Gasteiger partial charge in [0.1, 0.15) is 17.1 Å². The molecule has 0 bridgehead atoms. The molecule has 0 saturated heterocycles. The Labute approximate surface area is 182 Å². The second-order valence-corrected chi connectivity index (χ2v) is 7.09. The number of rotatable bonds is 2. The third-order valence-electron chi connectivity index (χ3n) is 3.02. The summed E-state index contributed by atoms with van der Waals surface area (Å²) < 4.78 is 0. The standard InChI is InChI=1S/C7H4Cl2O3.C7H4Cl2O2.C5H10/c8-3-1-4(7(11)12)6(10)5(9)2-3;8-5-1-4(3-10)7(11)6(9)2-5;1-4-5(2)3/h1-2,10H,(H,11,12);1-3,11H;4H,1-3H3. The number of carboxylic acids is 1. The number of aromatic carboxylic acids is 1. The molecule has 0 heterocycles. The van der Waals surface area contributed by atoms with Gasteiger partial charge in [0.2, 0.25) is 0 Å². The van der Waals surface area contributed by atoms with Crippen LogP contribution in [0.25, 0.3) is 0 Å². The second-order valence-electron chi connectivity index (χ2n) is 5.40. The largest absolute Gasteiger partial charge is 0.506 e. The van der Waals surface area contributed by atoms with Crippen molar-refractivity contribution >= 4 is 58.7 Å². The lowest BCUT2D eigenvalue weighted by Gasteiger charge is -2.01. The van der Waals surface area contributed by atoms with Gasteiger partial charge >= 0.3 is 5.97 Å². The highest BCUT2D eigenvalue weighted by atomic mass is 35.5. The molecular weight excluding hydrogens is 450 g/mol. The third-order valence-corrected chi connectivity index (χ3v) is 4.03. The number of carboxylic acid groups (broad SMARTS) is 1. The van der Waals surface area contributed by atoms with E-state index in [2.05, 4.69) is 19.9 Å². The van der Waals surface area contributed by atoms with Gasteiger partial charge in [-0.15, -0.1) is 0 Å². The normalized spacial score (nSPS) is 9.25. The number of aldehydes is 1. The Balaban J connectivity index is 0.000000424. The summed E-state index contributed by atoms with van der Waals surface area (Å²) in [4.78, 5) is 20.7. The Morgan fingerprint density at radius 3 is 1.71 bits per heavy atom. The van der Waals surface area contributed by atoms with E-state index in [1.807, 2.05) is 6.92 Å². The SMILES string of the molecule is CC=C(C)C.O=C(O)c1cc(Cl)cc(Cl)c1O.O=Cc1cc(Cl)cc(Cl)c1O. The van der Waals surface area contributed by atoms with E-state index in [-0.39, 0.29) is 31.9 Å². The van der Waals surface area contributed by atoms with Crippen LogP contribution in [0.15, 0.2) is 35.9 Å². The van der Waals surface area contributed by atoms with Crippen molar-refractivity contribution in [1.82, 2.24) is 0 Å². The summed E-state index contributed by atoms with van der Waals surface area (Å²) in [5.74, 6) is -1.96. The maximum Gasteiger partial charge on any atom is 0.339 e. The van der Waals surface area contributed by atoms with Crippen LogP contribution in [0, 0.1) is 0 Å². The first-order chi connectivity index (χ1) is 12.9.